The van der Waals surface area contributed by atoms with E-state index in [1.54, 1.807) is 0 Å². The van der Waals surface area contributed by atoms with Crippen molar-refractivity contribution in [2.24, 2.45) is 0 Å². The summed E-state index contributed by atoms with van der Waals surface area (Å²) in [5.74, 6) is 2.15. The molecule has 3 rings (SSSR count). The SMILES string of the molecule is CCCCCCCCCCOc1c2ccccc2c(OCCCCCCCCCC)c2cc(CCCCC)c(CCCCC)cc12. The quantitative estimate of drug-likeness (QED) is 0.0587. The molecule has 0 aliphatic rings. The van der Waals surface area contributed by atoms with Crippen LogP contribution in [0.1, 0.15) is 180 Å². The molecule has 0 amide bonds. The largest absolute Gasteiger partial charge is 0.492 e. The number of ether oxygens (including phenoxy) is 2. The van der Waals surface area contributed by atoms with Crippen LogP contribution in [-0.4, -0.2) is 13.2 Å². The van der Waals surface area contributed by atoms with Crippen molar-refractivity contribution < 1.29 is 9.47 Å². The summed E-state index contributed by atoms with van der Waals surface area (Å²) in [5.41, 5.74) is 3.05. The standard InChI is InChI=1S/C44H70O2/c1-5-9-13-15-17-19-21-27-33-45-43-39-31-25-26-32-40(39)44(46-34-28-22-20-18-16-14-10-6-2)42-36-38(30-24-12-8-4)37(35-41(42)43)29-23-11-7-3/h25-26,31-32,35-36H,5-24,27-30,33-34H2,1-4H3. The number of unbranched alkanes of at least 4 members (excludes halogenated alkanes) is 18. The van der Waals surface area contributed by atoms with Crippen molar-refractivity contribution in [3.05, 3.63) is 47.5 Å². The Labute approximate surface area is 284 Å². The summed E-state index contributed by atoms with van der Waals surface area (Å²) < 4.78 is 13.6. The summed E-state index contributed by atoms with van der Waals surface area (Å²) in [5, 5.41) is 4.93. The smallest absolute Gasteiger partial charge is 0.135 e. The van der Waals surface area contributed by atoms with Crippen molar-refractivity contribution in [2.75, 3.05) is 13.2 Å². The van der Waals surface area contributed by atoms with Gasteiger partial charge in [0.05, 0.1) is 13.2 Å². The molecule has 3 aromatic carbocycles. The minimum absolute atomic E-state index is 0.788. The van der Waals surface area contributed by atoms with E-state index in [1.807, 2.05) is 0 Å². The highest BCUT2D eigenvalue weighted by atomic mass is 16.5. The topological polar surface area (TPSA) is 18.5 Å². The Balaban J connectivity index is 1.87. The van der Waals surface area contributed by atoms with E-state index in [1.165, 1.54) is 161 Å². The van der Waals surface area contributed by atoms with Gasteiger partial charge in [0.25, 0.3) is 0 Å². The molecule has 3 aromatic rings. The number of aryl methyl sites for hydroxylation is 2. The van der Waals surface area contributed by atoms with Gasteiger partial charge in [0.1, 0.15) is 11.5 Å². The molecule has 0 aromatic heterocycles. The highest BCUT2D eigenvalue weighted by molar-refractivity contribution is 6.11. The summed E-state index contributed by atoms with van der Waals surface area (Å²) in [7, 11) is 0. The monoisotopic (exact) mass is 631 g/mol. The molecular formula is C44H70O2. The molecule has 0 unspecified atom stereocenters. The molecular weight excluding hydrogens is 560 g/mol. The highest BCUT2D eigenvalue weighted by Gasteiger charge is 2.19. The lowest BCUT2D eigenvalue weighted by Gasteiger charge is -2.20. The zero-order chi connectivity index (χ0) is 32.7. The van der Waals surface area contributed by atoms with Crippen LogP contribution in [-0.2, 0) is 12.8 Å². The molecule has 0 aliphatic carbocycles. The van der Waals surface area contributed by atoms with E-state index in [-0.39, 0.29) is 0 Å². The first-order chi connectivity index (χ1) is 22.7. The molecule has 0 N–H and O–H groups in total. The summed E-state index contributed by atoms with van der Waals surface area (Å²) in [6.07, 6.45) is 31.0. The second kappa shape index (κ2) is 24.0. The van der Waals surface area contributed by atoms with E-state index in [0.717, 1.165) is 50.4 Å². The molecule has 258 valence electrons. The van der Waals surface area contributed by atoms with Gasteiger partial charge in [0, 0.05) is 21.5 Å². The minimum Gasteiger partial charge on any atom is -0.492 e. The van der Waals surface area contributed by atoms with Crippen LogP contribution >= 0.6 is 0 Å². The Bertz CT molecular complexity index is 1120. The lowest BCUT2D eigenvalue weighted by Crippen LogP contribution is -2.04. The predicted octanol–water partition coefficient (Wildman–Crippen LogP) is 14.5. The van der Waals surface area contributed by atoms with E-state index < -0.39 is 0 Å². The molecule has 0 atom stereocenters. The lowest BCUT2D eigenvalue weighted by atomic mass is 9.91. The summed E-state index contributed by atoms with van der Waals surface area (Å²) in [6.45, 7) is 10.8. The number of hydrogen-bond acceptors (Lipinski definition) is 2. The van der Waals surface area contributed by atoms with Crippen molar-refractivity contribution >= 4 is 21.5 Å². The molecule has 0 radical (unpaired) electrons. The number of benzene rings is 3. The van der Waals surface area contributed by atoms with Gasteiger partial charge in [-0.25, -0.2) is 0 Å². The molecule has 0 fully saturated rings. The molecule has 0 aliphatic heterocycles. The Kier molecular flexibility index (Phi) is 19.9. The van der Waals surface area contributed by atoms with Crippen LogP contribution in [0.2, 0.25) is 0 Å². The number of hydrogen-bond donors (Lipinski definition) is 0. The normalized spacial score (nSPS) is 11.6. The van der Waals surface area contributed by atoms with E-state index in [9.17, 15) is 0 Å². The van der Waals surface area contributed by atoms with Crippen LogP contribution in [0.5, 0.6) is 11.5 Å². The van der Waals surface area contributed by atoms with Gasteiger partial charge in [-0.1, -0.05) is 168 Å². The Morgan fingerprint density at radius 2 is 0.696 bits per heavy atom. The molecule has 2 heteroatoms. The maximum atomic E-state index is 6.79. The first-order valence-corrected chi connectivity index (χ1v) is 20.0. The van der Waals surface area contributed by atoms with E-state index in [4.69, 9.17) is 9.47 Å². The third-order valence-electron chi connectivity index (χ3n) is 9.83. The first kappa shape index (κ1) is 38.2. The molecule has 0 spiro atoms. The van der Waals surface area contributed by atoms with Gasteiger partial charge < -0.3 is 9.47 Å². The third kappa shape index (κ3) is 13.1. The van der Waals surface area contributed by atoms with Crippen molar-refractivity contribution in [1.29, 1.82) is 0 Å². The van der Waals surface area contributed by atoms with Crippen LogP contribution in [0.15, 0.2) is 36.4 Å². The van der Waals surface area contributed by atoms with Crippen molar-refractivity contribution in [3.8, 4) is 11.5 Å². The molecule has 0 heterocycles. The summed E-state index contributed by atoms with van der Waals surface area (Å²) in [4.78, 5) is 0. The fourth-order valence-electron chi connectivity index (χ4n) is 6.96. The van der Waals surface area contributed by atoms with Crippen molar-refractivity contribution in [2.45, 2.75) is 182 Å². The predicted molar refractivity (Wildman–Crippen MR) is 204 cm³/mol. The lowest BCUT2D eigenvalue weighted by molar-refractivity contribution is 0.306. The zero-order valence-corrected chi connectivity index (χ0v) is 30.7. The highest BCUT2D eigenvalue weighted by Crippen LogP contribution is 2.44. The van der Waals surface area contributed by atoms with Crippen LogP contribution in [0.3, 0.4) is 0 Å². The second-order valence-corrected chi connectivity index (χ2v) is 13.9. The summed E-state index contributed by atoms with van der Waals surface area (Å²) in [6, 6.07) is 13.9. The molecule has 0 saturated heterocycles. The maximum Gasteiger partial charge on any atom is 0.135 e. The Morgan fingerprint density at radius 3 is 1.07 bits per heavy atom. The fraction of sp³-hybridized carbons (Fsp3) is 0.682. The fourth-order valence-corrected chi connectivity index (χ4v) is 6.96. The van der Waals surface area contributed by atoms with Crippen LogP contribution in [0.25, 0.3) is 21.5 Å². The number of fused-ring (bicyclic) bond motifs is 2. The Hall–Kier alpha value is -2.22. The van der Waals surface area contributed by atoms with E-state index in [0.29, 0.717) is 0 Å². The summed E-state index contributed by atoms with van der Waals surface area (Å²) >= 11 is 0. The average Bonchev–Trinajstić information content (AvgIpc) is 3.07. The van der Waals surface area contributed by atoms with E-state index in [2.05, 4.69) is 64.1 Å². The Morgan fingerprint density at radius 1 is 0.370 bits per heavy atom. The third-order valence-corrected chi connectivity index (χ3v) is 9.83. The molecule has 0 bridgehead atoms. The van der Waals surface area contributed by atoms with Gasteiger partial charge in [-0.15, -0.1) is 0 Å². The van der Waals surface area contributed by atoms with E-state index >= 15 is 0 Å². The molecule has 2 nitrogen and oxygen atoms in total. The maximum absolute atomic E-state index is 6.79. The zero-order valence-electron chi connectivity index (χ0n) is 30.7. The van der Waals surface area contributed by atoms with Gasteiger partial charge >= 0.3 is 0 Å². The van der Waals surface area contributed by atoms with Crippen LogP contribution in [0.4, 0.5) is 0 Å². The minimum atomic E-state index is 0.788. The van der Waals surface area contributed by atoms with Gasteiger partial charge in [0.2, 0.25) is 0 Å². The number of rotatable bonds is 28. The van der Waals surface area contributed by atoms with Gasteiger partial charge in [0.15, 0.2) is 0 Å². The van der Waals surface area contributed by atoms with Gasteiger partial charge in [-0.05, 0) is 61.8 Å². The van der Waals surface area contributed by atoms with Gasteiger partial charge in [-0.3, -0.25) is 0 Å². The van der Waals surface area contributed by atoms with Crippen LogP contribution in [0, 0.1) is 0 Å². The van der Waals surface area contributed by atoms with Crippen LogP contribution < -0.4 is 9.47 Å². The first-order valence-electron chi connectivity index (χ1n) is 20.0. The average molecular weight is 631 g/mol. The molecule has 46 heavy (non-hydrogen) atoms. The van der Waals surface area contributed by atoms with Crippen molar-refractivity contribution in [1.82, 2.24) is 0 Å². The molecule has 0 saturated carbocycles. The van der Waals surface area contributed by atoms with Gasteiger partial charge in [-0.2, -0.15) is 0 Å². The van der Waals surface area contributed by atoms with Crippen molar-refractivity contribution in [3.63, 3.8) is 0 Å². The second-order valence-electron chi connectivity index (χ2n) is 13.9.